The maximum atomic E-state index is 5.49. The normalized spacial score (nSPS) is 13.1. The van der Waals surface area contributed by atoms with Gasteiger partial charge >= 0.3 is 0 Å². The van der Waals surface area contributed by atoms with Crippen molar-refractivity contribution in [2.24, 2.45) is 0 Å². The minimum atomic E-state index is 0.539. The van der Waals surface area contributed by atoms with E-state index in [-0.39, 0.29) is 0 Å². The van der Waals surface area contributed by atoms with Crippen molar-refractivity contribution in [1.29, 1.82) is 0 Å². The second-order valence-corrected chi connectivity index (χ2v) is 7.62. The molecule has 2 aromatic carbocycles. The van der Waals surface area contributed by atoms with Gasteiger partial charge in [0, 0.05) is 23.1 Å². The highest BCUT2D eigenvalue weighted by Gasteiger charge is 2.28. The highest BCUT2D eigenvalue weighted by Crippen LogP contribution is 2.42. The van der Waals surface area contributed by atoms with Gasteiger partial charge in [0.15, 0.2) is 0 Å². The first-order chi connectivity index (χ1) is 15.1. The summed E-state index contributed by atoms with van der Waals surface area (Å²) < 4.78 is 16.4. The fraction of sp³-hybridized carbons (Fsp3) is 0.360. The van der Waals surface area contributed by atoms with Crippen LogP contribution in [0.2, 0.25) is 0 Å². The molecule has 1 aliphatic rings. The smallest absolute Gasteiger partial charge is 0.141 e. The molecule has 2 heterocycles. The SMILES string of the molecule is CC.COc1cc(OC)cc(-c2cc(-c3c(C)noc3C)cc3[nH]c(C4CC4)nc23)c1. The standard InChI is InChI=1S/C23H23N3O3.C2H6/c1-12-21(13(2)29-26-12)16-9-19(15-7-17(27-3)11-18(8-15)28-4)22-20(10-16)24-23(25-22)14-5-6-14;1-2/h7-11,14H,5-6H2,1-4H3,(H,24,25);1-2H3. The van der Waals surface area contributed by atoms with Gasteiger partial charge in [-0.15, -0.1) is 0 Å². The predicted octanol–water partition coefficient (Wildman–Crippen LogP) is 6.42. The zero-order valence-electron chi connectivity index (χ0n) is 19.0. The lowest BCUT2D eigenvalue weighted by Gasteiger charge is -2.11. The second kappa shape index (κ2) is 8.46. The minimum absolute atomic E-state index is 0.539. The maximum Gasteiger partial charge on any atom is 0.141 e. The fourth-order valence-corrected chi connectivity index (χ4v) is 3.91. The number of benzene rings is 2. The first-order valence-electron chi connectivity index (χ1n) is 10.8. The van der Waals surface area contributed by atoms with Crippen molar-refractivity contribution in [2.75, 3.05) is 14.2 Å². The van der Waals surface area contributed by atoms with Crippen LogP contribution >= 0.6 is 0 Å². The third-order valence-electron chi connectivity index (χ3n) is 5.55. The van der Waals surface area contributed by atoms with Gasteiger partial charge in [0.05, 0.1) is 30.9 Å². The molecule has 0 spiro atoms. The molecule has 2 aromatic heterocycles. The van der Waals surface area contributed by atoms with Gasteiger partial charge in [0.1, 0.15) is 23.1 Å². The molecule has 0 bridgehead atoms. The molecule has 0 radical (unpaired) electrons. The molecular weight excluding hydrogens is 390 g/mol. The van der Waals surface area contributed by atoms with Crippen LogP contribution < -0.4 is 9.47 Å². The Balaban J connectivity index is 0.00000112. The molecule has 0 atom stereocenters. The average Bonchev–Trinajstić information content (AvgIpc) is 3.48. The van der Waals surface area contributed by atoms with Gasteiger partial charge in [-0.3, -0.25) is 0 Å². The third-order valence-corrected chi connectivity index (χ3v) is 5.55. The summed E-state index contributed by atoms with van der Waals surface area (Å²) in [6, 6.07) is 10.2. The molecule has 4 aromatic rings. The van der Waals surface area contributed by atoms with Crippen LogP contribution in [-0.4, -0.2) is 29.3 Å². The van der Waals surface area contributed by atoms with Gasteiger partial charge < -0.3 is 19.0 Å². The predicted molar refractivity (Wildman–Crippen MR) is 123 cm³/mol. The van der Waals surface area contributed by atoms with Gasteiger partial charge in [-0.2, -0.15) is 0 Å². The number of ether oxygens (including phenoxy) is 2. The van der Waals surface area contributed by atoms with Crippen LogP contribution in [0.15, 0.2) is 34.9 Å². The van der Waals surface area contributed by atoms with Gasteiger partial charge in [-0.1, -0.05) is 19.0 Å². The molecule has 1 saturated carbocycles. The molecule has 0 unspecified atom stereocenters. The Morgan fingerprint density at radius 2 is 1.61 bits per heavy atom. The number of rotatable bonds is 5. The Morgan fingerprint density at radius 1 is 0.935 bits per heavy atom. The minimum Gasteiger partial charge on any atom is -0.497 e. The van der Waals surface area contributed by atoms with Gasteiger partial charge in [0.25, 0.3) is 0 Å². The molecule has 6 heteroatoms. The van der Waals surface area contributed by atoms with E-state index in [9.17, 15) is 0 Å². The summed E-state index contributed by atoms with van der Waals surface area (Å²) in [5.74, 6) is 3.89. The zero-order valence-corrected chi connectivity index (χ0v) is 19.0. The molecule has 6 nitrogen and oxygen atoms in total. The highest BCUT2D eigenvalue weighted by atomic mass is 16.5. The summed E-state index contributed by atoms with van der Waals surface area (Å²) in [7, 11) is 3.32. The lowest BCUT2D eigenvalue weighted by Crippen LogP contribution is -1.91. The van der Waals surface area contributed by atoms with Gasteiger partial charge in [-0.25, -0.2) is 4.98 Å². The van der Waals surface area contributed by atoms with Crippen LogP contribution in [-0.2, 0) is 0 Å². The van der Waals surface area contributed by atoms with E-state index < -0.39 is 0 Å². The lowest BCUT2D eigenvalue weighted by atomic mass is 9.96. The van der Waals surface area contributed by atoms with E-state index in [1.807, 2.05) is 45.9 Å². The zero-order chi connectivity index (χ0) is 22.1. The molecule has 0 aliphatic heterocycles. The Bertz CT molecular complexity index is 1180. The van der Waals surface area contributed by atoms with E-state index in [1.165, 1.54) is 12.8 Å². The number of aromatic nitrogens is 3. The number of H-pyrrole nitrogens is 1. The van der Waals surface area contributed by atoms with Crippen LogP contribution in [0.4, 0.5) is 0 Å². The number of aromatic amines is 1. The number of hydrogen-bond donors (Lipinski definition) is 1. The topological polar surface area (TPSA) is 73.2 Å². The Morgan fingerprint density at radius 3 is 2.16 bits per heavy atom. The number of aryl methyl sites for hydroxylation is 2. The van der Waals surface area contributed by atoms with E-state index in [4.69, 9.17) is 19.0 Å². The first-order valence-corrected chi connectivity index (χ1v) is 10.8. The summed E-state index contributed by atoms with van der Waals surface area (Å²) >= 11 is 0. The van der Waals surface area contributed by atoms with E-state index in [1.54, 1.807) is 14.2 Å². The Labute approximate surface area is 182 Å². The van der Waals surface area contributed by atoms with Gasteiger partial charge in [0.2, 0.25) is 0 Å². The van der Waals surface area contributed by atoms with E-state index in [0.717, 1.165) is 62.1 Å². The highest BCUT2D eigenvalue weighted by molar-refractivity contribution is 5.97. The Kier molecular flexibility index (Phi) is 5.72. The van der Waals surface area contributed by atoms with Crippen molar-refractivity contribution in [3.63, 3.8) is 0 Å². The largest absolute Gasteiger partial charge is 0.497 e. The summed E-state index contributed by atoms with van der Waals surface area (Å²) in [4.78, 5) is 8.49. The average molecular weight is 420 g/mol. The maximum absolute atomic E-state index is 5.49. The molecule has 0 saturated heterocycles. The van der Waals surface area contributed by atoms with E-state index >= 15 is 0 Å². The van der Waals surface area contributed by atoms with E-state index in [0.29, 0.717) is 5.92 Å². The van der Waals surface area contributed by atoms with E-state index in [2.05, 4.69) is 22.3 Å². The number of methoxy groups -OCH3 is 2. The van der Waals surface area contributed by atoms with Crippen LogP contribution in [0.25, 0.3) is 33.3 Å². The fourth-order valence-electron chi connectivity index (χ4n) is 3.91. The molecule has 0 amide bonds. The van der Waals surface area contributed by atoms with Crippen molar-refractivity contribution in [1.82, 2.24) is 15.1 Å². The Hall–Kier alpha value is -3.28. The number of imidazole rings is 1. The number of fused-ring (bicyclic) bond motifs is 1. The van der Waals surface area contributed by atoms with Crippen molar-refractivity contribution in [3.8, 4) is 33.8 Å². The molecule has 5 rings (SSSR count). The number of nitrogens with zero attached hydrogens (tertiary/aromatic N) is 2. The van der Waals surface area contributed by atoms with Crippen LogP contribution in [0.3, 0.4) is 0 Å². The van der Waals surface area contributed by atoms with Crippen molar-refractivity contribution < 1.29 is 14.0 Å². The van der Waals surface area contributed by atoms with Crippen LogP contribution in [0.5, 0.6) is 11.5 Å². The molecule has 162 valence electrons. The van der Waals surface area contributed by atoms with Gasteiger partial charge in [-0.05, 0) is 62.1 Å². The van der Waals surface area contributed by atoms with Crippen molar-refractivity contribution >= 4 is 11.0 Å². The summed E-state index contributed by atoms with van der Waals surface area (Å²) in [5, 5.41) is 4.13. The number of nitrogens with one attached hydrogen (secondary N) is 1. The number of hydrogen-bond acceptors (Lipinski definition) is 5. The van der Waals surface area contributed by atoms with Crippen LogP contribution in [0.1, 0.15) is 49.9 Å². The summed E-state index contributed by atoms with van der Waals surface area (Å²) in [6.07, 6.45) is 2.39. The molecule has 1 fully saturated rings. The summed E-state index contributed by atoms with van der Waals surface area (Å²) in [5.41, 5.74) is 6.94. The monoisotopic (exact) mass is 419 g/mol. The van der Waals surface area contributed by atoms with Crippen molar-refractivity contribution in [2.45, 2.75) is 46.5 Å². The summed E-state index contributed by atoms with van der Waals surface area (Å²) in [6.45, 7) is 7.91. The first kappa shape index (κ1) is 21.0. The third kappa shape index (κ3) is 3.90. The molecule has 1 aliphatic carbocycles. The lowest BCUT2D eigenvalue weighted by molar-refractivity contribution is 0.393. The van der Waals surface area contributed by atoms with Crippen molar-refractivity contribution in [3.05, 3.63) is 47.6 Å². The molecular formula is C25H29N3O3. The second-order valence-electron chi connectivity index (χ2n) is 7.62. The molecule has 31 heavy (non-hydrogen) atoms. The quantitative estimate of drug-likeness (QED) is 0.404. The molecule has 1 N–H and O–H groups in total. The van der Waals surface area contributed by atoms with Crippen LogP contribution in [0, 0.1) is 13.8 Å².